The van der Waals surface area contributed by atoms with E-state index in [4.69, 9.17) is 10.5 Å². The lowest BCUT2D eigenvalue weighted by Gasteiger charge is -2.24. The van der Waals surface area contributed by atoms with E-state index in [1.54, 1.807) is 21.0 Å². The minimum Gasteiger partial charge on any atom is -0.369 e. The number of rotatable bonds is 7. The van der Waals surface area contributed by atoms with E-state index in [2.05, 4.69) is 5.32 Å². The molecular formula is C11H24N2O2. The van der Waals surface area contributed by atoms with Crippen LogP contribution in [0.4, 0.5) is 0 Å². The number of carbonyl (C=O) groups is 1. The Kier molecular flexibility index (Phi) is 6.52. The summed E-state index contributed by atoms with van der Waals surface area (Å²) >= 11 is 0. The van der Waals surface area contributed by atoms with Crippen LogP contribution in [0.5, 0.6) is 0 Å². The number of hydrogen-bond donors (Lipinski definition) is 2. The molecule has 0 fully saturated rings. The van der Waals surface area contributed by atoms with Crippen LogP contribution in [-0.2, 0) is 9.53 Å². The fraction of sp³-hybridized carbons (Fsp3) is 0.909. The van der Waals surface area contributed by atoms with Gasteiger partial charge in [0.25, 0.3) is 5.91 Å². The Hall–Kier alpha value is -0.610. The van der Waals surface area contributed by atoms with Crippen LogP contribution >= 0.6 is 0 Å². The fourth-order valence-electron chi connectivity index (χ4n) is 1.16. The molecule has 1 unspecified atom stereocenters. The molecule has 1 atom stereocenters. The molecule has 3 N–H and O–H groups in total. The van der Waals surface area contributed by atoms with Crippen molar-refractivity contribution in [3.63, 3.8) is 0 Å². The Morgan fingerprint density at radius 1 is 1.47 bits per heavy atom. The quantitative estimate of drug-likeness (QED) is 0.625. The zero-order valence-electron chi connectivity index (χ0n) is 10.3. The summed E-state index contributed by atoms with van der Waals surface area (Å²) in [7, 11) is 1.54. The van der Waals surface area contributed by atoms with E-state index in [9.17, 15) is 4.79 Å². The molecule has 0 spiro atoms. The molecule has 15 heavy (non-hydrogen) atoms. The maximum Gasteiger partial charge on any atom is 0.251 e. The number of nitrogens with one attached hydrogen (secondary N) is 1. The number of nitrogens with two attached hydrogens (primary N) is 1. The minimum atomic E-state index is -0.748. The lowest BCUT2D eigenvalue weighted by atomic mass is 10.1. The molecule has 0 bridgehead atoms. The SMILES string of the molecule is COC(C)(C)C(=O)NC(C)CCCCN. The van der Waals surface area contributed by atoms with Crippen molar-refractivity contribution in [1.82, 2.24) is 5.32 Å². The molecular weight excluding hydrogens is 192 g/mol. The van der Waals surface area contributed by atoms with Gasteiger partial charge >= 0.3 is 0 Å². The summed E-state index contributed by atoms with van der Waals surface area (Å²) in [5, 5.41) is 2.93. The largest absolute Gasteiger partial charge is 0.369 e. The lowest BCUT2D eigenvalue weighted by molar-refractivity contribution is -0.140. The summed E-state index contributed by atoms with van der Waals surface area (Å²) in [4.78, 5) is 11.7. The molecule has 0 saturated carbocycles. The molecule has 0 aromatic heterocycles. The molecule has 4 heteroatoms. The Labute approximate surface area is 92.6 Å². The van der Waals surface area contributed by atoms with Crippen LogP contribution in [-0.4, -0.2) is 31.2 Å². The number of ether oxygens (including phenoxy) is 1. The second kappa shape index (κ2) is 6.80. The van der Waals surface area contributed by atoms with Gasteiger partial charge in [-0.05, 0) is 40.2 Å². The molecule has 1 amide bonds. The zero-order valence-corrected chi connectivity index (χ0v) is 10.3. The summed E-state index contributed by atoms with van der Waals surface area (Å²) in [5.41, 5.74) is 4.65. The van der Waals surface area contributed by atoms with Gasteiger partial charge in [0.2, 0.25) is 0 Å². The van der Waals surface area contributed by atoms with Gasteiger partial charge in [0.1, 0.15) is 5.60 Å². The van der Waals surface area contributed by atoms with Crippen molar-refractivity contribution in [1.29, 1.82) is 0 Å². The van der Waals surface area contributed by atoms with E-state index >= 15 is 0 Å². The van der Waals surface area contributed by atoms with E-state index in [-0.39, 0.29) is 11.9 Å². The molecule has 4 nitrogen and oxygen atoms in total. The average Bonchev–Trinajstić information content (AvgIpc) is 2.18. The van der Waals surface area contributed by atoms with Gasteiger partial charge in [0, 0.05) is 13.2 Å². The maximum absolute atomic E-state index is 11.7. The topological polar surface area (TPSA) is 64.3 Å². The van der Waals surface area contributed by atoms with Crippen LogP contribution in [0.15, 0.2) is 0 Å². The molecule has 90 valence electrons. The third-order valence-corrected chi connectivity index (χ3v) is 2.53. The minimum absolute atomic E-state index is 0.0646. The van der Waals surface area contributed by atoms with Crippen molar-refractivity contribution in [2.45, 2.75) is 51.7 Å². The van der Waals surface area contributed by atoms with E-state index in [0.29, 0.717) is 6.54 Å². The Morgan fingerprint density at radius 2 is 2.07 bits per heavy atom. The monoisotopic (exact) mass is 216 g/mol. The zero-order chi connectivity index (χ0) is 11.9. The van der Waals surface area contributed by atoms with Crippen LogP contribution in [0.25, 0.3) is 0 Å². The molecule has 0 saturated heterocycles. The van der Waals surface area contributed by atoms with Gasteiger partial charge in [0.15, 0.2) is 0 Å². The summed E-state index contributed by atoms with van der Waals surface area (Å²) in [5.74, 6) is -0.0646. The normalized spacial score (nSPS) is 13.7. The maximum atomic E-state index is 11.7. The second-order valence-electron chi connectivity index (χ2n) is 4.37. The molecule has 0 heterocycles. The molecule has 0 aromatic carbocycles. The summed E-state index contributed by atoms with van der Waals surface area (Å²) in [6, 6.07) is 0.179. The van der Waals surface area contributed by atoms with Gasteiger partial charge in [-0.25, -0.2) is 0 Å². The Morgan fingerprint density at radius 3 is 2.53 bits per heavy atom. The van der Waals surface area contributed by atoms with Crippen molar-refractivity contribution in [2.75, 3.05) is 13.7 Å². The van der Waals surface area contributed by atoms with Gasteiger partial charge in [-0.1, -0.05) is 6.42 Å². The highest BCUT2D eigenvalue weighted by molar-refractivity contribution is 5.84. The smallest absolute Gasteiger partial charge is 0.251 e. The van der Waals surface area contributed by atoms with Crippen molar-refractivity contribution in [2.24, 2.45) is 5.73 Å². The predicted molar refractivity (Wildman–Crippen MR) is 61.6 cm³/mol. The van der Waals surface area contributed by atoms with Gasteiger partial charge in [-0.2, -0.15) is 0 Å². The van der Waals surface area contributed by atoms with E-state index in [1.165, 1.54) is 0 Å². The third kappa shape index (κ3) is 5.74. The first kappa shape index (κ1) is 14.4. The molecule has 0 aliphatic rings. The lowest BCUT2D eigenvalue weighted by Crippen LogP contribution is -2.46. The van der Waals surface area contributed by atoms with Crippen LogP contribution in [0.3, 0.4) is 0 Å². The molecule has 0 aliphatic heterocycles. The van der Waals surface area contributed by atoms with Crippen LogP contribution in [0, 0.1) is 0 Å². The first-order chi connectivity index (χ1) is 6.94. The van der Waals surface area contributed by atoms with Gasteiger partial charge in [-0.15, -0.1) is 0 Å². The highest BCUT2D eigenvalue weighted by Crippen LogP contribution is 2.08. The number of methoxy groups -OCH3 is 1. The van der Waals surface area contributed by atoms with Crippen LogP contribution < -0.4 is 11.1 Å². The fourth-order valence-corrected chi connectivity index (χ4v) is 1.16. The van der Waals surface area contributed by atoms with Gasteiger partial charge in [-0.3, -0.25) is 4.79 Å². The predicted octanol–water partition coefficient (Wildman–Crippen LogP) is 1.05. The van der Waals surface area contributed by atoms with Crippen molar-refractivity contribution < 1.29 is 9.53 Å². The van der Waals surface area contributed by atoms with E-state index in [1.807, 2.05) is 6.92 Å². The van der Waals surface area contributed by atoms with Gasteiger partial charge in [0.05, 0.1) is 0 Å². The van der Waals surface area contributed by atoms with Crippen LogP contribution in [0.1, 0.15) is 40.0 Å². The number of carbonyl (C=O) groups excluding carboxylic acids is 1. The molecule has 0 rings (SSSR count). The second-order valence-corrected chi connectivity index (χ2v) is 4.37. The van der Waals surface area contributed by atoms with Gasteiger partial charge < -0.3 is 15.8 Å². The first-order valence-electron chi connectivity index (χ1n) is 5.50. The summed E-state index contributed by atoms with van der Waals surface area (Å²) < 4.78 is 5.09. The highest BCUT2D eigenvalue weighted by Gasteiger charge is 2.27. The van der Waals surface area contributed by atoms with Crippen molar-refractivity contribution in [3.05, 3.63) is 0 Å². The van der Waals surface area contributed by atoms with E-state index < -0.39 is 5.60 Å². The third-order valence-electron chi connectivity index (χ3n) is 2.53. The van der Waals surface area contributed by atoms with Crippen molar-refractivity contribution >= 4 is 5.91 Å². The van der Waals surface area contributed by atoms with Crippen molar-refractivity contribution in [3.8, 4) is 0 Å². The highest BCUT2D eigenvalue weighted by atomic mass is 16.5. The number of amides is 1. The molecule has 0 radical (unpaired) electrons. The number of unbranched alkanes of at least 4 members (excludes halogenated alkanes) is 1. The first-order valence-corrected chi connectivity index (χ1v) is 5.50. The number of hydrogen-bond acceptors (Lipinski definition) is 3. The Bertz CT molecular complexity index is 193. The average molecular weight is 216 g/mol. The standard InChI is InChI=1S/C11H24N2O2/c1-9(7-5-6-8-12)13-10(14)11(2,3)15-4/h9H,5-8,12H2,1-4H3,(H,13,14). The molecule has 0 aromatic rings. The van der Waals surface area contributed by atoms with E-state index in [0.717, 1.165) is 19.3 Å². The summed E-state index contributed by atoms with van der Waals surface area (Å²) in [6.45, 7) is 6.23. The van der Waals surface area contributed by atoms with Crippen LogP contribution in [0.2, 0.25) is 0 Å². The summed E-state index contributed by atoms with van der Waals surface area (Å²) in [6.07, 6.45) is 3.02. The Balaban J connectivity index is 3.86. The molecule has 0 aliphatic carbocycles.